The Morgan fingerprint density at radius 3 is 2.52 bits per heavy atom. The highest BCUT2D eigenvalue weighted by Crippen LogP contribution is 2.24. The van der Waals surface area contributed by atoms with E-state index in [1.165, 1.54) is 0 Å². The molecule has 0 saturated carbocycles. The van der Waals surface area contributed by atoms with Crippen molar-refractivity contribution in [2.75, 3.05) is 19.7 Å². The Morgan fingerprint density at radius 1 is 1.24 bits per heavy atom. The lowest BCUT2D eigenvalue weighted by atomic mass is 9.93. The second-order valence-corrected chi connectivity index (χ2v) is 4.89. The summed E-state index contributed by atoms with van der Waals surface area (Å²) in [5, 5.41) is 0. The Kier molecular flexibility index (Phi) is 4.98. The van der Waals surface area contributed by atoms with E-state index in [-0.39, 0.29) is 24.6 Å². The van der Waals surface area contributed by atoms with E-state index in [0.717, 1.165) is 5.56 Å². The summed E-state index contributed by atoms with van der Waals surface area (Å²) in [4.78, 5) is 24.9. The third kappa shape index (κ3) is 3.84. The number of benzene rings is 1. The Labute approximate surface area is 124 Å². The standard InChI is InChI=1S/C16H19NO4/c1-3-20-15(18)12(2)14-9-17(10-14)16(19)21-11-13-7-5-4-6-8-13/h4-8,14H,2-3,9-11H2,1H3. The van der Waals surface area contributed by atoms with Crippen LogP contribution in [0.25, 0.3) is 0 Å². The van der Waals surface area contributed by atoms with E-state index in [2.05, 4.69) is 6.58 Å². The lowest BCUT2D eigenvalue weighted by Gasteiger charge is -2.38. The number of likely N-dealkylation sites (tertiary alicyclic amines) is 1. The fourth-order valence-electron chi connectivity index (χ4n) is 2.05. The smallest absolute Gasteiger partial charge is 0.410 e. The number of esters is 1. The molecule has 1 heterocycles. The van der Waals surface area contributed by atoms with Gasteiger partial charge in [-0.2, -0.15) is 0 Å². The number of ether oxygens (including phenoxy) is 2. The Morgan fingerprint density at radius 2 is 1.90 bits per heavy atom. The molecule has 5 nitrogen and oxygen atoms in total. The van der Waals surface area contributed by atoms with Crippen molar-refractivity contribution in [1.29, 1.82) is 0 Å². The van der Waals surface area contributed by atoms with Gasteiger partial charge in [0.1, 0.15) is 6.61 Å². The molecule has 21 heavy (non-hydrogen) atoms. The van der Waals surface area contributed by atoms with Gasteiger partial charge in [-0.25, -0.2) is 9.59 Å². The van der Waals surface area contributed by atoms with Crippen LogP contribution in [0.4, 0.5) is 4.79 Å². The maximum Gasteiger partial charge on any atom is 0.410 e. The molecule has 1 aliphatic rings. The van der Waals surface area contributed by atoms with E-state index in [9.17, 15) is 9.59 Å². The van der Waals surface area contributed by atoms with Crippen LogP contribution in [0.5, 0.6) is 0 Å². The van der Waals surface area contributed by atoms with Crippen LogP contribution in [0.3, 0.4) is 0 Å². The minimum atomic E-state index is -0.389. The van der Waals surface area contributed by atoms with Crippen molar-refractivity contribution in [1.82, 2.24) is 4.90 Å². The van der Waals surface area contributed by atoms with E-state index in [0.29, 0.717) is 25.3 Å². The van der Waals surface area contributed by atoms with Gasteiger partial charge in [-0.1, -0.05) is 36.9 Å². The molecule has 0 spiro atoms. The average Bonchev–Trinajstić information content (AvgIpc) is 2.44. The second-order valence-electron chi connectivity index (χ2n) is 4.89. The molecule has 1 aromatic rings. The summed E-state index contributed by atoms with van der Waals surface area (Å²) in [5.74, 6) is -0.423. The fraction of sp³-hybridized carbons (Fsp3) is 0.375. The van der Waals surface area contributed by atoms with Crippen LogP contribution in [-0.4, -0.2) is 36.7 Å². The molecule has 1 aromatic carbocycles. The highest BCUT2D eigenvalue weighted by molar-refractivity contribution is 5.89. The number of hydrogen-bond donors (Lipinski definition) is 0. The summed E-state index contributed by atoms with van der Waals surface area (Å²) < 4.78 is 10.1. The summed E-state index contributed by atoms with van der Waals surface area (Å²) in [6.07, 6.45) is -0.369. The predicted molar refractivity (Wildman–Crippen MR) is 77.5 cm³/mol. The van der Waals surface area contributed by atoms with Crippen molar-refractivity contribution in [3.05, 3.63) is 48.0 Å². The van der Waals surface area contributed by atoms with Gasteiger partial charge in [0.2, 0.25) is 0 Å². The van der Waals surface area contributed by atoms with E-state index in [4.69, 9.17) is 9.47 Å². The zero-order chi connectivity index (χ0) is 15.2. The Balaban J connectivity index is 1.73. The molecule has 0 N–H and O–H groups in total. The lowest BCUT2D eigenvalue weighted by molar-refractivity contribution is -0.139. The van der Waals surface area contributed by atoms with E-state index in [1.807, 2.05) is 30.3 Å². The quantitative estimate of drug-likeness (QED) is 0.617. The first-order chi connectivity index (χ1) is 10.1. The third-order valence-corrected chi connectivity index (χ3v) is 3.38. The summed E-state index contributed by atoms with van der Waals surface area (Å²) in [6, 6.07) is 9.49. The van der Waals surface area contributed by atoms with Crippen LogP contribution in [0, 0.1) is 5.92 Å². The molecule has 0 atom stereocenters. The Hall–Kier alpha value is -2.30. The van der Waals surface area contributed by atoms with Crippen molar-refractivity contribution >= 4 is 12.1 Å². The van der Waals surface area contributed by atoms with Gasteiger partial charge in [0.05, 0.1) is 6.61 Å². The molecule has 1 fully saturated rings. The monoisotopic (exact) mass is 289 g/mol. The van der Waals surface area contributed by atoms with Crippen molar-refractivity contribution in [3.8, 4) is 0 Å². The highest BCUT2D eigenvalue weighted by Gasteiger charge is 2.36. The number of amides is 1. The first-order valence-electron chi connectivity index (χ1n) is 6.93. The Bertz CT molecular complexity index is 520. The molecule has 1 aliphatic heterocycles. The molecule has 0 aromatic heterocycles. The molecule has 5 heteroatoms. The molecule has 1 saturated heterocycles. The summed E-state index contributed by atoms with van der Waals surface area (Å²) in [5.41, 5.74) is 1.36. The van der Waals surface area contributed by atoms with Gasteiger partial charge in [0.25, 0.3) is 0 Å². The molecule has 2 rings (SSSR count). The average molecular weight is 289 g/mol. The number of carbonyl (C=O) groups is 2. The van der Waals surface area contributed by atoms with Gasteiger partial charge in [-0.3, -0.25) is 0 Å². The van der Waals surface area contributed by atoms with Crippen LogP contribution >= 0.6 is 0 Å². The molecular formula is C16H19NO4. The highest BCUT2D eigenvalue weighted by atomic mass is 16.6. The summed E-state index contributed by atoms with van der Waals surface area (Å²) in [6.45, 7) is 6.95. The minimum Gasteiger partial charge on any atom is -0.463 e. The second kappa shape index (κ2) is 6.92. The fourth-order valence-corrected chi connectivity index (χ4v) is 2.05. The van der Waals surface area contributed by atoms with Crippen LogP contribution in [0.15, 0.2) is 42.5 Å². The molecule has 112 valence electrons. The molecule has 0 aliphatic carbocycles. The molecule has 0 radical (unpaired) electrons. The summed E-state index contributed by atoms with van der Waals surface area (Å²) >= 11 is 0. The molecule has 0 unspecified atom stereocenters. The van der Waals surface area contributed by atoms with Crippen molar-refractivity contribution in [2.45, 2.75) is 13.5 Å². The largest absolute Gasteiger partial charge is 0.463 e. The normalized spacial score (nSPS) is 14.2. The molecular weight excluding hydrogens is 270 g/mol. The maximum absolute atomic E-state index is 11.8. The molecule has 1 amide bonds. The van der Waals surface area contributed by atoms with Gasteiger partial charge < -0.3 is 14.4 Å². The van der Waals surface area contributed by atoms with Gasteiger partial charge in [0, 0.05) is 24.6 Å². The van der Waals surface area contributed by atoms with E-state index in [1.54, 1.807) is 11.8 Å². The zero-order valence-electron chi connectivity index (χ0n) is 12.1. The van der Waals surface area contributed by atoms with Crippen molar-refractivity contribution in [3.63, 3.8) is 0 Å². The zero-order valence-corrected chi connectivity index (χ0v) is 12.1. The first-order valence-corrected chi connectivity index (χ1v) is 6.93. The number of rotatable bonds is 5. The van der Waals surface area contributed by atoms with E-state index < -0.39 is 0 Å². The first kappa shape index (κ1) is 15.1. The van der Waals surface area contributed by atoms with Crippen molar-refractivity contribution < 1.29 is 19.1 Å². The van der Waals surface area contributed by atoms with Crippen LogP contribution in [-0.2, 0) is 20.9 Å². The van der Waals surface area contributed by atoms with Gasteiger partial charge >= 0.3 is 12.1 Å². The summed E-state index contributed by atoms with van der Waals surface area (Å²) in [7, 11) is 0. The topological polar surface area (TPSA) is 55.8 Å². The van der Waals surface area contributed by atoms with Crippen LogP contribution in [0.2, 0.25) is 0 Å². The number of nitrogens with zero attached hydrogens (tertiary/aromatic N) is 1. The van der Waals surface area contributed by atoms with Crippen molar-refractivity contribution in [2.24, 2.45) is 5.92 Å². The maximum atomic E-state index is 11.8. The minimum absolute atomic E-state index is 0.0340. The lowest BCUT2D eigenvalue weighted by Crippen LogP contribution is -2.51. The SMILES string of the molecule is C=C(C(=O)OCC)C1CN(C(=O)OCc2ccccc2)C1. The van der Waals surface area contributed by atoms with Crippen LogP contribution in [0.1, 0.15) is 12.5 Å². The van der Waals surface area contributed by atoms with Gasteiger partial charge in [0.15, 0.2) is 0 Å². The predicted octanol–water partition coefficient (Wildman–Crippen LogP) is 2.37. The number of carbonyl (C=O) groups excluding carboxylic acids is 2. The number of hydrogen-bond acceptors (Lipinski definition) is 4. The van der Waals surface area contributed by atoms with Gasteiger partial charge in [-0.05, 0) is 12.5 Å². The van der Waals surface area contributed by atoms with Crippen LogP contribution < -0.4 is 0 Å². The third-order valence-electron chi connectivity index (χ3n) is 3.38. The molecule has 0 bridgehead atoms. The van der Waals surface area contributed by atoms with E-state index >= 15 is 0 Å². The van der Waals surface area contributed by atoms with Gasteiger partial charge in [-0.15, -0.1) is 0 Å².